The lowest BCUT2D eigenvalue weighted by Crippen LogP contribution is -2.81. The van der Waals surface area contributed by atoms with E-state index in [-0.39, 0.29) is 24.3 Å². The fourth-order valence-electron chi connectivity index (χ4n) is 15.7. The van der Waals surface area contributed by atoms with Crippen molar-refractivity contribution in [1.82, 2.24) is 14.8 Å². The van der Waals surface area contributed by atoms with Crippen LogP contribution in [0.1, 0.15) is 86.4 Å². The van der Waals surface area contributed by atoms with E-state index in [1.807, 2.05) is 87.3 Å². The van der Waals surface area contributed by atoms with Crippen molar-refractivity contribution in [2.24, 2.45) is 11.3 Å². The van der Waals surface area contributed by atoms with E-state index in [1.54, 1.807) is 31.4 Å². The lowest BCUT2D eigenvalue weighted by Gasteiger charge is -2.63. The topological polar surface area (TPSA) is 186 Å². The van der Waals surface area contributed by atoms with Crippen LogP contribution in [0.25, 0.3) is 10.9 Å². The first kappa shape index (κ1) is 58.3. The molecule has 0 bridgehead atoms. The molecule has 5 aromatic rings. The van der Waals surface area contributed by atoms with Gasteiger partial charge in [0.05, 0.1) is 44.5 Å². The Morgan fingerprint density at radius 1 is 0.889 bits per heavy atom. The van der Waals surface area contributed by atoms with Crippen LogP contribution in [-0.2, 0) is 71.1 Å². The number of anilines is 1. The van der Waals surface area contributed by atoms with Crippen LogP contribution in [0.5, 0.6) is 5.75 Å². The largest absolute Gasteiger partial charge is 0.496 e. The van der Waals surface area contributed by atoms with Crippen LogP contribution in [0.3, 0.4) is 0 Å². The summed E-state index contributed by atoms with van der Waals surface area (Å²) in [5.74, 6) is -2.15. The van der Waals surface area contributed by atoms with Crippen molar-refractivity contribution >= 4 is 52.9 Å². The number of aryl methyl sites for hydroxylation is 1. The molecule has 1 spiro atoms. The number of hydrogen-bond donors (Lipinski definition) is 2. The Morgan fingerprint density at radius 3 is 2.25 bits per heavy atom. The van der Waals surface area contributed by atoms with Gasteiger partial charge in [0.2, 0.25) is 5.60 Å². The molecule has 434 valence electrons. The molecular weight excluding hydrogens is 1060 g/mol. The van der Waals surface area contributed by atoms with Gasteiger partial charge in [-0.05, 0) is 119 Å². The molecule has 18 heteroatoms. The Labute approximate surface area is 478 Å². The first-order valence-electron chi connectivity index (χ1n) is 28.5. The smallest absolute Gasteiger partial charge is 0.344 e. The first-order chi connectivity index (χ1) is 38.5. The fourth-order valence-corrected chi connectivity index (χ4v) is 18.2. The van der Waals surface area contributed by atoms with E-state index in [4.69, 9.17) is 27.6 Å². The second kappa shape index (κ2) is 21.7. The van der Waals surface area contributed by atoms with Gasteiger partial charge in [-0.2, -0.15) is 8.42 Å². The van der Waals surface area contributed by atoms with Crippen molar-refractivity contribution in [3.05, 3.63) is 137 Å². The molecule has 2 N–H and O–H groups in total. The third-order valence-electron chi connectivity index (χ3n) is 18.6. The zero-order valence-electron chi connectivity index (χ0n) is 48.8. The highest BCUT2D eigenvalue weighted by Gasteiger charge is 2.80. The van der Waals surface area contributed by atoms with Crippen LogP contribution in [-0.4, -0.2) is 145 Å². The van der Waals surface area contributed by atoms with E-state index in [0.717, 1.165) is 33.2 Å². The third-order valence-corrected chi connectivity index (χ3v) is 20.9. The number of rotatable bonds is 17. The number of likely N-dealkylation sites (N-methyl/N-ethyl adjacent to an activating group) is 1. The summed E-state index contributed by atoms with van der Waals surface area (Å²) in [5, 5.41) is 14.6. The average Bonchev–Trinajstić information content (AvgIpc) is 2.06. The number of aliphatic hydroxyl groups is 1. The maximum Gasteiger partial charge on any atom is 0.344 e. The van der Waals surface area contributed by atoms with Gasteiger partial charge in [0, 0.05) is 90.9 Å². The van der Waals surface area contributed by atoms with Gasteiger partial charge in [-0.1, -0.05) is 92.2 Å². The number of nitrogens with one attached hydrogen (secondary N) is 1. The number of carbonyl (C=O) groups is 3. The number of benzene rings is 4. The molecule has 0 radical (unpaired) electrons. The predicted octanol–water partition coefficient (Wildman–Crippen LogP) is 8.75. The number of para-hydroxylation sites is 1. The van der Waals surface area contributed by atoms with E-state index < -0.39 is 87.9 Å². The molecule has 2 fully saturated rings. The Bertz CT molecular complexity index is 3350. The van der Waals surface area contributed by atoms with Crippen LogP contribution in [0.4, 0.5) is 5.69 Å². The molecule has 10 rings (SSSR count). The summed E-state index contributed by atoms with van der Waals surface area (Å²) in [7, 11) is -0.681. The summed E-state index contributed by atoms with van der Waals surface area (Å²) < 4.78 is 66.5. The highest BCUT2D eigenvalue weighted by molar-refractivity contribution is 7.86. The third kappa shape index (κ3) is 9.63. The van der Waals surface area contributed by atoms with E-state index in [1.165, 1.54) is 21.1 Å². The van der Waals surface area contributed by atoms with E-state index in [9.17, 15) is 23.1 Å². The number of aromatic nitrogens is 1. The van der Waals surface area contributed by atoms with Gasteiger partial charge in [0.1, 0.15) is 11.2 Å². The Balaban J connectivity index is 1.24. The molecule has 81 heavy (non-hydrogen) atoms. The van der Waals surface area contributed by atoms with Crippen molar-refractivity contribution in [3.8, 4) is 5.75 Å². The number of H-pyrrole nitrogens is 1. The zero-order valence-corrected chi connectivity index (χ0v) is 50.6. The Morgan fingerprint density at radius 2 is 1.59 bits per heavy atom. The van der Waals surface area contributed by atoms with Crippen molar-refractivity contribution in [1.29, 1.82) is 0 Å². The second-order valence-corrected chi connectivity index (χ2v) is 30.4. The molecule has 0 amide bonds. The second-order valence-electron chi connectivity index (χ2n) is 24.4. The number of ether oxygens (including phenoxy) is 4. The van der Waals surface area contributed by atoms with Crippen molar-refractivity contribution in [2.75, 3.05) is 66.1 Å². The molecule has 1 saturated heterocycles. The van der Waals surface area contributed by atoms with Crippen LogP contribution >= 0.6 is 0 Å². The molecule has 9 atom stereocenters. The van der Waals surface area contributed by atoms with Crippen LogP contribution in [0.15, 0.2) is 108 Å². The minimum atomic E-state index is -4.25. The van der Waals surface area contributed by atoms with Gasteiger partial charge in [0.25, 0.3) is 10.1 Å². The highest BCUT2D eigenvalue weighted by atomic mass is 32.2. The van der Waals surface area contributed by atoms with Crippen LogP contribution < -0.4 is 9.64 Å². The summed E-state index contributed by atoms with van der Waals surface area (Å²) in [5.41, 5.74) is -0.874. The number of esters is 3. The maximum atomic E-state index is 16.3. The molecule has 4 aliphatic heterocycles. The Kier molecular flexibility index (Phi) is 15.6. The fraction of sp³-hybridized carbons (Fsp3) is 0.508. The number of fused-ring (bicyclic) bond motifs is 4. The first-order valence-corrected chi connectivity index (χ1v) is 33.3. The van der Waals surface area contributed by atoms with Crippen LogP contribution in [0.2, 0.25) is 19.6 Å². The quantitative estimate of drug-likeness (QED) is 0.0296. The molecule has 5 heterocycles. The van der Waals surface area contributed by atoms with E-state index in [2.05, 4.69) is 58.7 Å². The molecule has 4 aromatic carbocycles. The standard InChI is InChI=1S/C63H80N4O12SSi/c1-12-59(79-81(9,10)11,40-77-80(72,73)45-26-24-41(3)25-27-45)36-44-37-62(57(69)75-7,53-47(46-22-17-18-23-50(46)64-53)28-32-66(39-44)38-43-20-15-14-16-21-43)49-34-48-51(35-52(49)74-6)65(5)55-61(48)30-33-67-31-19-29-60(13-2,54(61)67)56(78-42(4)68)63(55,71)58(70)76-8/h14-27,29,34-35,44,54-56,64,71H,12-13,28,30-33,36-40H2,1-11H3/t44-,54+,55-,56-,59+,60-,61-,62+,63+/m1/s1. The van der Waals surface area contributed by atoms with Gasteiger partial charge in [-0.15, -0.1) is 0 Å². The minimum absolute atomic E-state index is 0.0467. The predicted molar refractivity (Wildman–Crippen MR) is 312 cm³/mol. The zero-order chi connectivity index (χ0) is 58.1. The van der Waals surface area contributed by atoms with Crippen molar-refractivity contribution < 1.29 is 55.5 Å². The lowest BCUT2D eigenvalue weighted by molar-refractivity contribution is -0.228. The molecule has 5 aliphatic rings. The normalized spacial score (nSPS) is 28.1. The van der Waals surface area contributed by atoms with Gasteiger partial charge >= 0.3 is 17.9 Å². The average molecular weight is 1150 g/mol. The number of carbonyl (C=O) groups excluding carboxylic acids is 3. The van der Waals surface area contributed by atoms with Gasteiger partial charge in [-0.3, -0.25) is 23.6 Å². The van der Waals surface area contributed by atoms with Crippen molar-refractivity contribution in [3.63, 3.8) is 0 Å². The summed E-state index contributed by atoms with van der Waals surface area (Å²) in [6.07, 6.45) is 4.98. The SMILES string of the molecule is CC[C@@](COS(=O)(=O)c1ccc(C)cc1)(C[C@H]1CN(Cc2ccccc2)CCc2c([nH]c3ccccc23)[C@@](C(=O)OC)(c2cc3c(cc2OC)N(C)[C@H]2[C@@](O)(C(=O)OC)[C@H](OC(C)=O)[C@]4(CC)C=CCN5CC[C@]32[C@@H]54)C1)O[Si](C)(C)C. The maximum absolute atomic E-state index is 16.3. The number of methoxy groups -OCH3 is 3. The molecule has 1 aromatic heterocycles. The number of nitrogens with zero attached hydrogens (tertiary/aromatic N) is 3. The van der Waals surface area contributed by atoms with E-state index in [0.29, 0.717) is 81.1 Å². The molecule has 1 aliphatic carbocycles. The van der Waals surface area contributed by atoms with E-state index >= 15 is 4.79 Å². The van der Waals surface area contributed by atoms with Crippen LogP contribution in [0, 0.1) is 18.3 Å². The molecule has 0 unspecified atom stereocenters. The highest BCUT2D eigenvalue weighted by Crippen LogP contribution is 2.68. The van der Waals surface area contributed by atoms with Gasteiger partial charge in [0.15, 0.2) is 14.4 Å². The summed E-state index contributed by atoms with van der Waals surface area (Å²) >= 11 is 0. The molecule has 1 saturated carbocycles. The van der Waals surface area contributed by atoms with Gasteiger partial charge in [-0.25, -0.2) is 4.79 Å². The molecular formula is C63H80N4O12SSi. The summed E-state index contributed by atoms with van der Waals surface area (Å²) in [6.45, 7) is 16.0. The number of aromatic amines is 1. The summed E-state index contributed by atoms with van der Waals surface area (Å²) in [6, 6.07) is 27.6. The lowest BCUT2D eigenvalue weighted by atomic mass is 9.47. The molecule has 16 nitrogen and oxygen atoms in total. The Hall–Kier alpha value is -5.86. The monoisotopic (exact) mass is 1140 g/mol. The van der Waals surface area contributed by atoms with Crippen molar-refractivity contribution in [2.45, 2.75) is 138 Å². The number of hydrogen-bond acceptors (Lipinski definition) is 15. The summed E-state index contributed by atoms with van der Waals surface area (Å²) in [4.78, 5) is 55.0. The minimum Gasteiger partial charge on any atom is -0.496 e. The van der Waals surface area contributed by atoms with Gasteiger partial charge < -0.3 is 38.4 Å².